The highest BCUT2D eigenvalue weighted by atomic mass is 16.7. The number of rotatable bonds is 6. The Morgan fingerprint density at radius 2 is 2.19 bits per heavy atom. The molecule has 0 aromatic rings. The zero-order valence-electron chi connectivity index (χ0n) is 13.7. The van der Waals surface area contributed by atoms with Gasteiger partial charge in [-0.1, -0.05) is 33.3 Å². The van der Waals surface area contributed by atoms with Gasteiger partial charge in [-0.15, -0.1) is 6.58 Å². The zero-order chi connectivity index (χ0) is 15.4. The lowest BCUT2D eigenvalue weighted by Crippen LogP contribution is -2.38. The minimum absolute atomic E-state index is 0.112. The molecular formula is C18H30O3. The number of cyclic esters (lactones) is 1. The molecule has 5 atom stereocenters. The van der Waals surface area contributed by atoms with Crippen molar-refractivity contribution < 1.29 is 14.3 Å². The lowest BCUT2D eigenvalue weighted by Gasteiger charge is -2.38. The summed E-state index contributed by atoms with van der Waals surface area (Å²) in [6.07, 6.45) is 7.72. The normalized spacial score (nSPS) is 36.8. The van der Waals surface area contributed by atoms with Crippen molar-refractivity contribution in [2.45, 2.75) is 71.7 Å². The van der Waals surface area contributed by atoms with Crippen LogP contribution < -0.4 is 0 Å². The Morgan fingerprint density at radius 1 is 1.43 bits per heavy atom. The quantitative estimate of drug-likeness (QED) is 0.540. The second kappa shape index (κ2) is 7.44. The molecule has 3 nitrogen and oxygen atoms in total. The number of carbonyl (C=O) groups is 1. The summed E-state index contributed by atoms with van der Waals surface area (Å²) in [5.41, 5.74) is 0. The van der Waals surface area contributed by atoms with E-state index in [1.807, 2.05) is 6.08 Å². The molecule has 0 unspecified atom stereocenters. The molecule has 21 heavy (non-hydrogen) atoms. The van der Waals surface area contributed by atoms with Crippen LogP contribution in [0.3, 0.4) is 0 Å². The highest BCUT2D eigenvalue weighted by molar-refractivity contribution is 5.71. The molecule has 1 saturated heterocycles. The van der Waals surface area contributed by atoms with Crippen LogP contribution in [-0.2, 0) is 14.3 Å². The van der Waals surface area contributed by atoms with Crippen LogP contribution in [0.15, 0.2) is 12.7 Å². The van der Waals surface area contributed by atoms with Gasteiger partial charge in [-0.25, -0.2) is 0 Å². The first-order valence-corrected chi connectivity index (χ1v) is 8.47. The second-order valence-electron chi connectivity index (χ2n) is 7.19. The van der Waals surface area contributed by atoms with E-state index in [2.05, 4.69) is 27.4 Å². The monoisotopic (exact) mass is 294 g/mol. The average Bonchev–Trinajstić information content (AvgIpc) is 2.76. The SMILES string of the molecule is C=CCC[C@@H]1CC(=O)O[C@H]1O[C@@H]1C[C@H](C)CC[C@H]1C(C)C. The smallest absolute Gasteiger partial charge is 0.308 e. The molecule has 1 heterocycles. The molecule has 0 amide bonds. The number of allylic oxidation sites excluding steroid dienone is 1. The topological polar surface area (TPSA) is 35.5 Å². The van der Waals surface area contributed by atoms with Gasteiger partial charge in [0.2, 0.25) is 6.29 Å². The number of esters is 1. The number of ether oxygens (including phenoxy) is 2. The molecule has 0 spiro atoms. The van der Waals surface area contributed by atoms with E-state index in [1.54, 1.807) is 0 Å². The third kappa shape index (κ3) is 4.32. The van der Waals surface area contributed by atoms with Crippen LogP contribution in [0.1, 0.15) is 59.3 Å². The maximum absolute atomic E-state index is 11.6. The van der Waals surface area contributed by atoms with Crippen molar-refractivity contribution in [1.29, 1.82) is 0 Å². The standard InChI is InChI=1S/C18H30O3/c1-5-6-7-14-11-17(19)21-18(14)20-16-10-13(4)8-9-15(16)12(2)3/h5,12-16,18H,1,6-11H2,2-4H3/t13-,14-,15+,16-,18-/m1/s1. The molecular weight excluding hydrogens is 264 g/mol. The Hall–Kier alpha value is -0.830. The Balaban J connectivity index is 1.99. The van der Waals surface area contributed by atoms with Gasteiger partial charge in [0.05, 0.1) is 12.5 Å². The fourth-order valence-electron chi connectivity index (χ4n) is 3.74. The summed E-state index contributed by atoms with van der Waals surface area (Å²) < 4.78 is 11.7. The first kappa shape index (κ1) is 16.5. The van der Waals surface area contributed by atoms with Crippen LogP contribution in [0.5, 0.6) is 0 Å². The van der Waals surface area contributed by atoms with Crippen LogP contribution in [-0.4, -0.2) is 18.4 Å². The van der Waals surface area contributed by atoms with Crippen LogP contribution in [0.4, 0.5) is 0 Å². The maximum Gasteiger partial charge on any atom is 0.308 e. The Morgan fingerprint density at radius 3 is 2.86 bits per heavy atom. The van der Waals surface area contributed by atoms with Crippen molar-refractivity contribution in [2.75, 3.05) is 0 Å². The highest BCUT2D eigenvalue weighted by Gasteiger charge is 2.40. The first-order chi connectivity index (χ1) is 10.0. The molecule has 0 aromatic heterocycles. The Labute approximate surface area is 129 Å². The molecule has 0 aromatic carbocycles. The van der Waals surface area contributed by atoms with Gasteiger partial charge in [0, 0.05) is 5.92 Å². The van der Waals surface area contributed by atoms with Gasteiger partial charge in [-0.2, -0.15) is 0 Å². The van der Waals surface area contributed by atoms with Gasteiger partial charge in [0.25, 0.3) is 0 Å². The van der Waals surface area contributed by atoms with Crippen molar-refractivity contribution in [3.63, 3.8) is 0 Å². The summed E-state index contributed by atoms with van der Waals surface area (Å²) in [4.78, 5) is 11.6. The Kier molecular flexibility index (Phi) is 5.86. The molecule has 0 radical (unpaired) electrons. The van der Waals surface area contributed by atoms with E-state index in [-0.39, 0.29) is 24.3 Å². The minimum Gasteiger partial charge on any atom is -0.435 e. The molecule has 0 N–H and O–H groups in total. The molecule has 1 aliphatic heterocycles. The fraction of sp³-hybridized carbons (Fsp3) is 0.833. The Bertz CT molecular complexity index is 363. The van der Waals surface area contributed by atoms with Crippen LogP contribution >= 0.6 is 0 Å². The molecule has 1 saturated carbocycles. The number of carbonyl (C=O) groups excluding carboxylic acids is 1. The summed E-state index contributed by atoms with van der Waals surface area (Å²) in [6.45, 7) is 10.6. The fourth-order valence-corrected chi connectivity index (χ4v) is 3.74. The van der Waals surface area contributed by atoms with Gasteiger partial charge in [0.1, 0.15) is 0 Å². The summed E-state index contributed by atoms with van der Waals surface area (Å²) in [7, 11) is 0. The predicted molar refractivity (Wildman–Crippen MR) is 83.6 cm³/mol. The van der Waals surface area contributed by atoms with Crippen molar-refractivity contribution in [2.24, 2.45) is 23.7 Å². The molecule has 3 heteroatoms. The van der Waals surface area contributed by atoms with Gasteiger partial charge in [-0.05, 0) is 43.4 Å². The summed E-state index contributed by atoms with van der Waals surface area (Å²) in [6, 6.07) is 0. The van der Waals surface area contributed by atoms with Crippen LogP contribution in [0.2, 0.25) is 0 Å². The van der Waals surface area contributed by atoms with Gasteiger partial charge in [-0.3, -0.25) is 4.79 Å². The van der Waals surface area contributed by atoms with Crippen LogP contribution in [0, 0.1) is 23.7 Å². The first-order valence-electron chi connectivity index (χ1n) is 8.47. The molecule has 1 aliphatic carbocycles. The number of hydrogen-bond donors (Lipinski definition) is 0. The molecule has 2 fully saturated rings. The van der Waals surface area contributed by atoms with Crippen molar-refractivity contribution in [3.05, 3.63) is 12.7 Å². The van der Waals surface area contributed by atoms with Gasteiger partial charge >= 0.3 is 5.97 Å². The maximum atomic E-state index is 11.6. The lowest BCUT2D eigenvalue weighted by atomic mass is 9.75. The highest BCUT2D eigenvalue weighted by Crippen LogP contribution is 2.38. The van der Waals surface area contributed by atoms with E-state index in [9.17, 15) is 4.79 Å². The second-order valence-corrected chi connectivity index (χ2v) is 7.19. The minimum atomic E-state index is -0.339. The summed E-state index contributed by atoms with van der Waals surface area (Å²) in [5.74, 6) is 1.99. The third-order valence-electron chi connectivity index (χ3n) is 5.07. The van der Waals surface area contributed by atoms with Crippen LogP contribution in [0.25, 0.3) is 0 Å². The van der Waals surface area contributed by atoms with E-state index >= 15 is 0 Å². The van der Waals surface area contributed by atoms with Gasteiger partial charge in [0.15, 0.2) is 0 Å². The van der Waals surface area contributed by atoms with Gasteiger partial charge < -0.3 is 9.47 Å². The zero-order valence-corrected chi connectivity index (χ0v) is 13.7. The van der Waals surface area contributed by atoms with E-state index in [1.165, 1.54) is 12.8 Å². The van der Waals surface area contributed by atoms with Crippen molar-refractivity contribution >= 4 is 5.97 Å². The largest absolute Gasteiger partial charge is 0.435 e. The van der Waals surface area contributed by atoms with E-state index in [4.69, 9.17) is 9.47 Å². The summed E-state index contributed by atoms with van der Waals surface area (Å²) >= 11 is 0. The number of hydrogen-bond acceptors (Lipinski definition) is 3. The molecule has 120 valence electrons. The van der Waals surface area contributed by atoms with E-state index < -0.39 is 0 Å². The van der Waals surface area contributed by atoms with E-state index in [0.717, 1.165) is 19.3 Å². The molecule has 2 aliphatic rings. The van der Waals surface area contributed by atoms with Crippen molar-refractivity contribution in [3.8, 4) is 0 Å². The summed E-state index contributed by atoms with van der Waals surface area (Å²) in [5, 5.41) is 0. The average molecular weight is 294 g/mol. The predicted octanol–water partition coefficient (Wildman–Crippen LogP) is 4.32. The third-order valence-corrected chi connectivity index (χ3v) is 5.07. The molecule has 2 rings (SSSR count). The molecule has 0 bridgehead atoms. The van der Waals surface area contributed by atoms with Crippen molar-refractivity contribution in [1.82, 2.24) is 0 Å². The lowest BCUT2D eigenvalue weighted by molar-refractivity contribution is -0.196. The van der Waals surface area contributed by atoms with E-state index in [0.29, 0.717) is 24.2 Å².